The summed E-state index contributed by atoms with van der Waals surface area (Å²) in [7, 11) is 1.69. The molecule has 1 rings (SSSR count). The third-order valence-electron chi connectivity index (χ3n) is 2.18. The lowest BCUT2D eigenvalue weighted by Crippen LogP contribution is -2.19. The van der Waals surface area contributed by atoms with Crippen LogP contribution in [0, 0.1) is 0 Å². The molecule has 17 heavy (non-hydrogen) atoms. The van der Waals surface area contributed by atoms with Crippen LogP contribution in [0.25, 0.3) is 6.08 Å². The standard InChI is InChI=1S/C12H18ClN3O/c1-17-7-6-15-5-3-2-4-10-8-11(13)9-16-12(10)14/h2,4,8-9,15H,3,5-7H2,1H3,(H2,14,16). The molecule has 1 heterocycles. The monoisotopic (exact) mass is 255 g/mol. The van der Waals surface area contributed by atoms with Crippen LogP contribution < -0.4 is 11.1 Å². The Morgan fingerprint density at radius 2 is 2.35 bits per heavy atom. The number of pyridine rings is 1. The Kier molecular flexibility index (Phi) is 6.62. The van der Waals surface area contributed by atoms with Crippen LogP contribution in [0.3, 0.4) is 0 Å². The van der Waals surface area contributed by atoms with Gasteiger partial charge >= 0.3 is 0 Å². The lowest BCUT2D eigenvalue weighted by molar-refractivity contribution is 0.199. The number of aromatic nitrogens is 1. The maximum absolute atomic E-state index is 5.84. The van der Waals surface area contributed by atoms with Crippen LogP contribution in [-0.4, -0.2) is 31.8 Å². The van der Waals surface area contributed by atoms with Gasteiger partial charge in [-0.1, -0.05) is 23.8 Å². The molecule has 0 fully saturated rings. The van der Waals surface area contributed by atoms with Gasteiger partial charge < -0.3 is 15.8 Å². The molecule has 1 aromatic rings. The van der Waals surface area contributed by atoms with Gasteiger partial charge in [-0.3, -0.25) is 0 Å². The van der Waals surface area contributed by atoms with Crippen LogP contribution in [0.15, 0.2) is 18.3 Å². The molecule has 0 aliphatic heterocycles. The molecule has 0 amide bonds. The molecule has 0 aliphatic carbocycles. The maximum atomic E-state index is 5.84. The topological polar surface area (TPSA) is 60.2 Å². The van der Waals surface area contributed by atoms with E-state index < -0.39 is 0 Å². The molecule has 0 unspecified atom stereocenters. The Labute approximate surface area is 107 Å². The number of methoxy groups -OCH3 is 1. The van der Waals surface area contributed by atoms with E-state index in [2.05, 4.69) is 10.3 Å². The molecule has 0 bridgehead atoms. The van der Waals surface area contributed by atoms with E-state index in [-0.39, 0.29) is 0 Å². The van der Waals surface area contributed by atoms with Crippen molar-refractivity contribution in [2.75, 3.05) is 32.5 Å². The third-order valence-corrected chi connectivity index (χ3v) is 2.39. The molecule has 1 aromatic heterocycles. The first kappa shape index (κ1) is 14.0. The van der Waals surface area contributed by atoms with Gasteiger partial charge in [0.15, 0.2) is 0 Å². The van der Waals surface area contributed by atoms with Gasteiger partial charge in [-0.15, -0.1) is 0 Å². The molecule has 0 aliphatic rings. The van der Waals surface area contributed by atoms with Gasteiger partial charge in [-0.25, -0.2) is 4.98 Å². The molecule has 5 heteroatoms. The Bertz CT molecular complexity index is 369. The van der Waals surface area contributed by atoms with Gasteiger partial charge in [0, 0.05) is 25.4 Å². The minimum absolute atomic E-state index is 0.498. The SMILES string of the molecule is COCCNCCC=Cc1cc(Cl)cnc1N. The summed E-state index contributed by atoms with van der Waals surface area (Å²) in [6, 6.07) is 1.80. The molecule has 4 nitrogen and oxygen atoms in total. The van der Waals surface area contributed by atoms with E-state index in [1.165, 1.54) is 0 Å². The number of nitrogen functional groups attached to an aromatic ring is 1. The fourth-order valence-corrected chi connectivity index (χ4v) is 1.46. The van der Waals surface area contributed by atoms with Crippen molar-refractivity contribution in [3.8, 4) is 0 Å². The van der Waals surface area contributed by atoms with Gasteiger partial charge in [-0.05, 0) is 19.0 Å². The average molecular weight is 256 g/mol. The molecule has 0 saturated carbocycles. The zero-order valence-electron chi connectivity index (χ0n) is 9.95. The van der Waals surface area contributed by atoms with Gasteiger partial charge in [0.25, 0.3) is 0 Å². The van der Waals surface area contributed by atoms with Crippen LogP contribution >= 0.6 is 11.6 Å². The summed E-state index contributed by atoms with van der Waals surface area (Å²) in [4.78, 5) is 3.98. The fourth-order valence-electron chi connectivity index (χ4n) is 1.29. The first-order valence-electron chi connectivity index (χ1n) is 5.51. The Morgan fingerprint density at radius 3 is 3.12 bits per heavy atom. The van der Waals surface area contributed by atoms with E-state index in [9.17, 15) is 0 Å². The molecule has 0 saturated heterocycles. The number of hydrogen-bond donors (Lipinski definition) is 2. The van der Waals surface area contributed by atoms with Crippen LogP contribution in [0.5, 0.6) is 0 Å². The average Bonchev–Trinajstić information content (AvgIpc) is 2.32. The Balaban J connectivity index is 2.30. The first-order chi connectivity index (χ1) is 8.24. The van der Waals surface area contributed by atoms with E-state index in [4.69, 9.17) is 22.1 Å². The number of hydrogen-bond acceptors (Lipinski definition) is 4. The maximum Gasteiger partial charge on any atom is 0.130 e. The lowest BCUT2D eigenvalue weighted by Gasteiger charge is -2.01. The van der Waals surface area contributed by atoms with E-state index in [1.807, 2.05) is 12.2 Å². The highest BCUT2D eigenvalue weighted by Gasteiger charge is 1.96. The largest absolute Gasteiger partial charge is 0.383 e. The molecular weight excluding hydrogens is 238 g/mol. The van der Waals surface area contributed by atoms with Crippen LogP contribution in [0.2, 0.25) is 5.02 Å². The van der Waals surface area contributed by atoms with Crippen molar-refractivity contribution in [2.45, 2.75) is 6.42 Å². The number of nitrogens with zero attached hydrogens (tertiary/aromatic N) is 1. The minimum atomic E-state index is 0.498. The highest BCUT2D eigenvalue weighted by molar-refractivity contribution is 6.30. The van der Waals surface area contributed by atoms with Crippen LogP contribution in [0.4, 0.5) is 5.82 Å². The van der Waals surface area contributed by atoms with E-state index in [0.717, 1.165) is 31.7 Å². The second-order valence-corrected chi connectivity index (χ2v) is 4.00. The van der Waals surface area contributed by atoms with E-state index in [1.54, 1.807) is 19.4 Å². The smallest absolute Gasteiger partial charge is 0.130 e. The van der Waals surface area contributed by atoms with Crippen LogP contribution in [-0.2, 0) is 4.74 Å². The predicted octanol–water partition coefficient (Wildman–Crippen LogP) is 1.96. The number of nitrogens with two attached hydrogens (primary N) is 1. The summed E-state index contributed by atoms with van der Waals surface area (Å²) < 4.78 is 4.93. The van der Waals surface area contributed by atoms with Crippen molar-refractivity contribution in [2.24, 2.45) is 0 Å². The molecule has 0 atom stereocenters. The highest BCUT2D eigenvalue weighted by atomic mass is 35.5. The molecule has 3 N–H and O–H groups in total. The summed E-state index contributed by atoms with van der Waals surface area (Å²) >= 11 is 5.84. The Hall–Kier alpha value is -1.10. The molecule has 94 valence electrons. The zero-order valence-corrected chi connectivity index (χ0v) is 10.7. The number of rotatable bonds is 7. The van der Waals surface area contributed by atoms with Crippen molar-refractivity contribution in [3.63, 3.8) is 0 Å². The first-order valence-corrected chi connectivity index (χ1v) is 5.89. The van der Waals surface area contributed by atoms with Gasteiger partial charge in [0.05, 0.1) is 11.6 Å². The minimum Gasteiger partial charge on any atom is -0.383 e. The van der Waals surface area contributed by atoms with E-state index >= 15 is 0 Å². The van der Waals surface area contributed by atoms with Crippen molar-refractivity contribution >= 4 is 23.5 Å². The summed E-state index contributed by atoms with van der Waals surface area (Å²) in [6.45, 7) is 2.51. The van der Waals surface area contributed by atoms with Crippen LogP contribution in [0.1, 0.15) is 12.0 Å². The van der Waals surface area contributed by atoms with Gasteiger partial charge in [-0.2, -0.15) is 0 Å². The second kappa shape index (κ2) is 8.06. The number of halogens is 1. The zero-order chi connectivity index (χ0) is 12.5. The van der Waals surface area contributed by atoms with Crippen molar-refractivity contribution in [3.05, 3.63) is 28.9 Å². The van der Waals surface area contributed by atoms with Crippen molar-refractivity contribution in [1.29, 1.82) is 0 Å². The molecular formula is C12H18ClN3O. The highest BCUT2D eigenvalue weighted by Crippen LogP contribution is 2.16. The number of anilines is 1. The summed E-state index contributed by atoms with van der Waals surface area (Å²) in [5.41, 5.74) is 6.57. The third kappa shape index (κ3) is 5.68. The number of nitrogens with one attached hydrogen (secondary N) is 1. The Morgan fingerprint density at radius 1 is 1.53 bits per heavy atom. The fraction of sp³-hybridized carbons (Fsp3) is 0.417. The lowest BCUT2D eigenvalue weighted by atomic mass is 10.2. The van der Waals surface area contributed by atoms with Gasteiger partial charge in [0.1, 0.15) is 5.82 Å². The summed E-state index contributed by atoms with van der Waals surface area (Å²) in [5, 5.41) is 3.84. The second-order valence-electron chi connectivity index (χ2n) is 3.56. The van der Waals surface area contributed by atoms with E-state index in [0.29, 0.717) is 10.8 Å². The predicted molar refractivity (Wildman–Crippen MR) is 72.1 cm³/mol. The summed E-state index contributed by atoms with van der Waals surface area (Å²) in [6.07, 6.45) is 6.45. The summed E-state index contributed by atoms with van der Waals surface area (Å²) in [5.74, 6) is 0.498. The van der Waals surface area contributed by atoms with Crippen molar-refractivity contribution in [1.82, 2.24) is 10.3 Å². The quantitative estimate of drug-likeness (QED) is 0.732. The molecule has 0 aromatic carbocycles. The number of ether oxygens (including phenoxy) is 1. The molecule has 0 spiro atoms. The van der Waals surface area contributed by atoms with Crippen molar-refractivity contribution < 1.29 is 4.74 Å². The normalized spacial score (nSPS) is 11.2. The van der Waals surface area contributed by atoms with Gasteiger partial charge in [0.2, 0.25) is 0 Å². The molecule has 0 radical (unpaired) electrons.